The van der Waals surface area contributed by atoms with Crippen LogP contribution < -0.4 is 5.73 Å². The monoisotopic (exact) mass is 553 g/mol. The Kier molecular flexibility index (Phi) is 13.3. The highest BCUT2D eigenvalue weighted by Gasteiger charge is 2.43. The van der Waals surface area contributed by atoms with Crippen LogP contribution >= 0.6 is 0 Å². The van der Waals surface area contributed by atoms with Crippen molar-refractivity contribution in [3.05, 3.63) is 83.1 Å². The first-order valence-electron chi connectivity index (χ1n) is 12.3. The molecule has 216 valence electrons. The second-order valence-corrected chi connectivity index (χ2v) is 8.60. The molecule has 2 aliphatic rings. The number of likely N-dealkylation sites (tertiary alicyclic amines) is 1. The normalized spacial score (nSPS) is 16.1. The number of nitrogens with zero attached hydrogens (tertiary/aromatic N) is 2. The first-order valence-corrected chi connectivity index (χ1v) is 12.3. The van der Waals surface area contributed by atoms with Crippen LogP contribution in [0.15, 0.2) is 71.9 Å². The second-order valence-electron chi connectivity index (χ2n) is 8.60. The van der Waals surface area contributed by atoms with E-state index in [0.29, 0.717) is 13.1 Å². The van der Waals surface area contributed by atoms with Crippen molar-refractivity contribution in [3.8, 4) is 0 Å². The third-order valence-electron chi connectivity index (χ3n) is 5.93. The average molecular weight is 554 g/mol. The van der Waals surface area contributed by atoms with Gasteiger partial charge in [-0.25, -0.2) is 4.79 Å². The molecule has 4 rings (SSSR count). The molecule has 2 N–H and O–H groups in total. The van der Waals surface area contributed by atoms with E-state index >= 15 is 0 Å². The number of ether oxygens (including phenoxy) is 2. The van der Waals surface area contributed by atoms with Crippen LogP contribution in [0.2, 0.25) is 0 Å². The van der Waals surface area contributed by atoms with Crippen molar-refractivity contribution in [1.82, 2.24) is 9.80 Å². The quantitative estimate of drug-likeness (QED) is 0.299. The number of nitrogens with two attached hydrogens (primary N) is 1. The lowest BCUT2D eigenvalue weighted by molar-refractivity contribution is -0.151. The fourth-order valence-electron chi connectivity index (χ4n) is 4.03. The van der Waals surface area contributed by atoms with Crippen LogP contribution in [0.25, 0.3) is 0 Å². The topological polar surface area (TPSA) is 136 Å². The van der Waals surface area contributed by atoms with E-state index in [1.54, 1.807) is 13.8 Å². The molecule has 0 radical (unpaired) electrons. The van der Waals surface area contributed by atoms with Gasteiger partial charge in [-0.15, -0.1) is 0 Å². The summed E-state index contributed by atoms with van der Waals surface area (Å²) in [6, 6.07) is 18.9. The van der Waals surface area contributed by atoms with E-state index in [4.69, 9.17) is 15.2 Å². The van der Waals surface area contributed by atoms with Gasteiger partial charge in [-0.2, -0.15) is 0 Å². The molecule has 10 heteroatoms. The summed E-state index contributed by atoms with van der Waals surface area (Å²) in [6.07, 6.45) is 0. The Labute approximate surface area is 235 Å². The Morgan fingerprint density at radius 1 is 0.800 bits per heavy atom. The maximum absolute atomic E-state index is 12.0. The lowest BCUT2D eigenvalue weighted by Crippen LogP contribution is -2.28. The van der Waals surface area contributed by atoms with E-state index in [2.05, 4.69) is 0 Å². The lowest BCUT2D eigenvalue weighted by atomic mass is 10.1. The molecule has 2 aromatic carbocycles. The molecule has 0 spiro atoms. The van der Waals surface area contributed by atoms with Crippen LogP contribution in [0.3, 0.4) is 0 Å². The molecular weight excluding hydrogens is 514 g/mol. The van der Waals surface area contributed by atoms with E-state index < -0.39 is 29.5 Å². The first kappa shape index (κ1) is 33.6. The summed E-state index contributed by atoms with van der Waals surface area (Å²) in [6.45, 7) is 4.93. The molecule has 2 amide bonds. The van der Waals surface area contributed by atoms with Gasteiger partial charge in [0.25, 0.3) is 11.8 Å². The number of ketones is 1. The van der Waals surface area contributed by atoms with Crippen molar-refractivity contribution in [1.29, 1.82) is 0 Å². The van der Waals surface area contributed by atoms with Crippen molar-refractivity contribution in [2.45, 2.75) is 41.8 Å². The van der Waals surface area contributed by atoms with Gasteiger partial charge in [0.1, 0.15) is 11.6 Å². The predicted molar refractivity (Wildman–Crippen MR) is 150 cm³/mol. The van der Waals surface area contributed by atoms with Gasteiger partial charge in [0.05, 0.1) is 25.3 Å². The highest BCUT2D eigenvalue weighted by Crippen LogP contribution is 2.20. The number of hydrogen-bond donors (Lipinski definition) is 1. The summed E-state index contributed by atoms with van der Waals surface area (Å²) in [5, 5.41) is 0. The Balaban J connectivity index is 0.000000381. The third-order valence-corrected chi connectivity index (χ3v) is 5.93. The van der Waals surface area contributed by atoms with Crippen LogP contribution in [-0.2, 0) is 46.5 Å². The highest BCUT2D eigenvalue weighted by atomic mass is 16.5. The lowest BCUT2D eigenvalue weighted by Gasteiger charge is -2.16. The Morgan fingerprint density at radius 2 is 1.30 bits per heavy atom. The summed E-state index contributed by atoms with van der Waals surface area (Å²) >= 11 is 0. The van der Waals surface area contributed by atoms with Gasteiger partial charge < -0.3 is 25.0 Å². The summed E-state index contributed by atoms with van der Waals surface area (Å²) in [5.41, 5.74) is 7.85. The maximum Gasteiger partial charge on any atom is 0.338 e. The highest BCUT2D eigenvalue weighted by molar-refractivity contribution is 6.42. The molecule has 1 unspecified atom stereocenters. The number of Topliss-reactive ketones (excluding diaryl/α,β-unsaturated/α-hetero) is 1. The van der Waals surface area contributed by atoms with Gasteiger partial charge in [0.2, 0.25) is 5.78 Å². The fourth-order valence-corrected chi connectivity index (χ4v) is 4.03. The maximum atomic E-state index is 12.0. The zero-order valence-corrected chi connectivity index (χ0v) is 21.4. The standard InChI is InChI=1S/C14H16N2O3.C14H15NO4.2CH4/c1-2-19-14(18)11-9-16(13(17)12(11)15)8-10-6-4-3-5-7-10;1-2-19-14(18)11-9-15(13(17)12(11)16)8-10-6-4-3-5-7-10;;/h3-7H,2,8-9,15H2,1H3;3-7,11H,2,8-9H2,1H3;2*1H4. The van der Waals surface area contributed by atoms with Crippen molar-refractivity contribution < 1.29 is 33.4 Å². The Hall–Kier alpha value is -4.47. The number of amides is 2. The summed E-state index contributed by atoms with van der Waals surface area (Å²) in [7, 11) is 0. The number of rotatable bonds is 8. The summed E-state index contributed by atoms with van der Waals surface area (Å²) in [4.78, 5) is 61.7. The van der Waals surface area contributed by atoms with Gasteiger partial charge >= 0.3 is 11.9 Å². The van der Waals surface area contributed by atoms with Crippen LogP contribution in [0.4, 0.5) is 0 Å². The number of esters is 2. The molecule has 1 saturated heterocycles. The third kappa shape index (κ3) is 8.26. The van der Waals surface area contributed by atoms with Crippen molar-refractivity contribution in [3.63, 3.8) is 0 Å². The molecule has 40 heavy (non-hydrogen) atoms. The molecule has 0 saturated carbocycles. The minimum atomic E-state index is -0.976. The van der Waals surface area contributed by atoms with Gasteiger partial charge in [0.15, 0.2) is 0 Å². The zero-order valence-electron chi connectivity index (χ0n) is 21.4. The van der Waals surface area contributed by atoms with Gasteiger partial charge in [0, 0.05) is 19.6 Å². The van der Waals surface area contributed by atoms with E-state index in [9.17, 15) is 24.0 Å². The molecular formula is C30H39N3O7. The molecule has 0 bridgehead atoms. The van der Waals surface area contributed by atoms with Crippen LogP contribution in [0.5, 0.6) is 0 Å². The summed E-state index contributed by atoms with van der Waals surface area (Å²) in [5.74, 6) is -3.69. The number of carbonyl (C=O) groups is 5. The molecule has 0 aliphatic carbocycles. The SMILES string of the molecule is C.C.CCOC(=O)C1=C(N)C(=O)N(Cc2ccccc2)C1.CCOC(=O)C1CN(Cc2ccccc2)C(=O)C1=O. The first-order chi connectivity index (χ1) is 18.3. The summed E-state index contributed by atoms with van der Waals surface area (Å²) < 4.78 is 9.69. The van der Waals surface area contributed by atoms with Gasteiger partial charge in [-0.05, 0) is 25.0 Å². The average Bonchev–Trinajstić information content (AvgIpc) is 3.36. The Morgan fingerprint density at radius 3 is 1.80 bits per heavy atom. The number of carbonyl (C=O) groups excluding carboxylic acids is 5. The predicted octanol–water partition coefficient (Wildman–Crippen LogP) is 2.85. The van der Waals surface area contributed by atoms with Crippen molar-refractivity contribution >= 4 is 29.5 Å². The van der Waals surface area contributed by atoms with E-state index in [1.807, 2.05) is 60.7 Å². The minimum absolute atomic E-state index is 0. The van der Waals surface area contributed by atoms with Gasteiger partial charge in [-0.3, -0.25) is 19.2 Å². The van der Waals surface area contributed by atoms with Gasteiger partial charge in [-0.1, -0.05) is 75.5 Å². The van der Waals surface area contributed by atoms with Crippen molar-refractivity contribution in [2.24, 2.45) is 11.7 Å². The fraction of sp³-hybridized carbons (Fsp3) is 0.367. The molecule has 2 aliphatic heterocycles. The van der Waals surface area contributed by atoms with E-state index in [1.165, 1.54) is 9.80 Å². The van der Waals surface area contributed by atoms with Crippen LogP contribution in [0, 0.1) is 5.92 Å². The molecule has 2 heterocycles. The number of hydrogen-bond acceptors (Lipinski definition) is 8. The molecule has 2 aromatic rings. The molecule has 0 aromatic heterocycles. The minimum Gasteiger partial charge on any atom is -0.465 e. The molecule has 1 atom stereocenters. The molecule has 1 fully saturated rings. The zero-order chi connectivity index (χ0) is 27.7. The second kappa shape index (κ2) is 15.8. The van der Waals surface area contributed by atoms with Crippen molar-refractivity contribution in [2.75, 3.05) is 26.3 Å². The van der Waals surface area contributed by atoms with E-state index in [0.717, 1.165) is 11.1 Å². The Bertz CT molecular complexity index is 1210. The van der Waals surface area contributed by atoms with E-state index in [-0.39, 0.29) is 58.3 Å². The largest absolute Gasteiger partial charge is 0.465 e. The number of benzene rings is 2. The smallest absolute Gasteiger partial charge is 0.338 e. The van der Waals surface area contributed by atoms with Crippen LogP contribution in [-0.4, -0.2) is 65.6 Å². The van der Waals surface area contributed by atoms with Crippen LogP contribution in [0.1, 0.15) is 39.8 Å². The molecule has 10 nitrogen and oxygen atoms in total.